The Hall–Kier alpha value is -3.41. The van der Waals surface area contributed by atoms with Gasteiger partial charge in [-0.05, 0) is 49.3 Å². The fourth-order valence-electron chi connectivity index (χ4n) is 5.13. The predicted molar refractivity (Wildman–Crippen MR) is 121 cm³/mol. The number of hydrogen-bond acceptors (Lipinski definition) is 11. The van der Waals surface area contributed by atoms with E-state index in [-0.39, 0.29) is 30.7 Å². The lowest BCUT2D eigenvalue weighted by molar-refractivity contribution is -0.282. The second-order valence-corrected chi connectivity index (χ2v) is 9.05. The number of fused-ring (bicyclic) bond motifs is 1. The van der Waals surface area contributed by atoms with Gasteiger partial charge in [-0.15, -0.1) is 0 Å². The summed E-state index contributed by atoms with van der Waals surface area (Å²) < 4.78 is 10.6. The first-order valence-corrected chi connectivity index (χ1v) is 11.2. The van der Waals surface area contributed by atoms with Crippen LogP contribution in [0.4, 0.5) is 0 Å². The van der Waals surface area contributed by atoms with E-state index < -0.39 is 40.2 Å². The van der Waals surface area contributed by atoms with Crippen molar-refractivity contribution in [1.82, 2.24) is 4.90 Å². The van der Waals surface area contributed by atoms with Crippen LogP contribution in [0.3, 0.4) is 0 Å². The number of ether oxygens (including phenoxy) is 2. The summed E-state index contributed by atoms with van der Waals surface area (Å²) in [6, 6.07) is 3.52. The number of rotatable bonds is 6. The van der Waals surface area contributed by atoms with Crippen molar-refractivity contribution in [2.75, 3.05) is 27.3 Å². The van der Waals surface area contributed by atoms with Crippen molar-refractivity contribution < 1.29 is 50.0 Å². The maximum atomic E-state index is 13.0. The predicted octanol–water partition coefficient (Wildman–Crippen LogP) is 1.48. The summed E-state index contributed by atoms with van der Waals surface area (Å²) in [6.45, 7) is 0.267. The zero-order valence-electron chi connectivity index (χ0n) is 19.4. The molecule has 2 aromatic rings. The summed E-state index contributed by atoms with van der Waals surface area (Å²) in [5.74, 6) is -7.84. The molecule has 11 heteroatoms. The largest absolute Gasteiger partial charge is 0.504 e. The van der Waals surface area contributed by atoms with Gasteiger partial charge in [-0.2, -0.15) is 0 Å². The van der Waals surface area contributed by atoms with E-state index in [1.165, 1.54) is 14.2 Å². The van der Waals surface area contributed by atoms with E-state index in [4.69, 9.17) is 9.47 Å². The standard InChI is InChI=1S/C24H29NO10/c1-34-15-9-12-8-13(18(26)14(12)10-16(15)35-2)7-11-3-5-25(6-4-11)24(32,33)17-19(27)21(29)23(31)22(30)20(17)28/h9-11,13,27-33H,3-8H2,1-2H3. The lowest BCUT2D eigenvalue weighted by atomic mass is 9.85. The van der Waals surface area contributed by atoms with Crippen LogP contribution < -0.4 is 9.47 Å². The molecule has 1 saturated heterocycles. The van der Waals surface area contributed by atoms with Crippen molar-refractivity contribution in [3.63, 3.8) is 0 Å². The van der Waals surface area contributed by atoms with E-state index in [1.807, 2.05) is 6.07 Å². The van der Waals surface area contributed by atoms with Crippen LogP contribution in [-0.4, -0.2) is 73.7 Å². The average Bonchev–Trinajstić information content (AvgIpc) is 3.14. The molecule has 11 nitrogen and oxygen atoms in total. The Bertz CT molecular complexity index is 1120. The van der Waals surface area contributed by atoms with Crippen molar-refractivity contribution in [2.24, 2.45) is 11.8 Å². The lowest BCUT2D eigenvalue weighted by Crippen LogP contribution is -2.50. The van der Waals surface area contributed by atoms with Crippen molar-refractivity contribution in [1.29, 1.82) is 0 Å². The van der Waals surface area contributed by atoms with Gasteiger partial charge in [0.15, 0.2) is 28.8 Å². The first kappa shape index (κ1) is 24.7. The molecule has 2 aliphatic rings. The van der Waals surface area contributed by atoms with Gasteiger partial charge in [0.2, 0.25) is 17.2 Å². The number of phenols is 5. The summed E-state index contributed by atoms with van der Waals surface area (Å²) in [5, 5.41) is 70.7. The molecule has 4 rings (SSSR count). The quantitative estimate of drug-likeness (QED) is 0.177. The summed E-state index contributed by atoms with van der Waals surface area (Å²) in [6.07, 6.45) is 2.17. The maximum Gasteiger partial charge on any atom is 0.261 e. The normalized spacial score (nSPS) is 19.1. The summed E-state index contributed by atoms with van der Waals surface area (Å²) in [4.78, 5) is 14.2. The lowest BCUT2D eigenvalue weighted by Gasteiger charge is -2.40. The molecule has 2 aromatic carbocycles. The van der Waals surface area contributed by atoms with E-state index >= 15 is 0 Å². The number of piperidine rings is 1. The van der Waals surface area contributed by atoms with Crippen LogP contribution in [0.5, 0.6) is 40.2 Å². The third kappa shape index (κ3) is 4.05. The highest BCUT2D eigenvalue weighted by Crippen LogP contribution is 2.54. The number of aliphatic hydroxyl groups is 2. The van der Waals surface area contributed by atoms with Crippen molar-refractivity contribution in [3.8, 4) is 40.2 Å². The van der Waals surface area contributed by atoms with Gasteiger partial charge in [-0.1, -0.05) is 0 Å². The molecular formula is C24H29NO10. The number of hydrogen-bond donors (Lipinski definition) is 7. The van der Waals surface area contributed by atoms with Gasteiger partial charge < -0.3 is 45.2 Å². The zero-order chi connectivity index (χ0) is 25.7. The molecule has 7 N–H and O–H groups in total. The fourth-order valence-corrected chi connectivity index (χ4v) is 5.13. The Morgan fingerprint density at radius 2 is 1.40 bits per heavy atom. The highest BCUT2D eigenvalue weighted by molar-refractivity contribution is 6.02. The van der Waals surface area contributed by atoms with E-state index in [0.29, 0.717) is 42.7 Å². The van der Waals surface area contributed by atoms with E-state index in [2.05, 4.69) is 0 Å². The second kappa shape index (κ2) is 8.99. The van der Waals surface area contributed by atoms with Gasteiger partial charge in [-0.3, -0.25) is 4.79 Å². The molecule has 190 valence electrons. The minimum atomic E-state index is -2.94. The molecule has 1 aliphatic heterocycles. The Morgan fingerprint density at radius 1 is 0.886 bits per heavy atom. The highest BCUT2D eigenvalue weighted by atomic mass is 16.5. The molecule has 0 radical (unpaired) electrons. The number of nitrogens with zero attached hydrogens (tertiary/aromatic N) is 1. The van der Waals surface area contributed by atoms with Crippen LogP contribution in [0.2, 0.25) is 0 Å². The molecule has 1 unspecified atom stereocenters. The maximum absolute atomic E-state index is 13.0. The number of carbonyl (C=O) groups is 1. The van der Waals surface area contributed by atoms with E-state index in [9.17, 15) is 40.5 Å². The number of likely N-dealkylation sites (tertiary alicyclic amines) is 1. The number of Topliss-reactive ketones (excluding diaryl/α,β-unsaturated/α-hetero) is 1. The SMILES string of the molecule is COc1cc2c(cc1OC)C(=O)C(CC1CCN(C(O)(O)c3c(O)c(O)c(O)c(O)c3O)CC1)C2. The molecule has 0 spiro atoms. The monoisotopic (exact) mass is 491 g/mol. The Kier molecular flexibility index (Phi) is 6.34. The smallest absolute Gasteiger partial charge is 0.261 e. The molecular weight excluding hydrogens is 462 g/mol. The molecule has 0 bridgehead atoms. The minimum absolute atomic E-state index is 0.0342. The van der Waals surface area contributed by atoms with E-state index in [1.54, 1.807) is 6.07 Å². The van der Waals surface area contributed by atoms with Gasteiger partial charge in [0, 0.05) is 24.6 Å². The van der Waals surface area contributed by atoms with Crippen LogP contribution >= 0.6 is 0 Å². The highest BCUT2D eigenvalue weighted by Gasteiger charge is 2.44. The molecule has 35 heavy (non-hydrogen) atoms. The van der Waals surface area contributed by atoms with Crippen LogP contribution in [0, 0.1) is 11.8 Å². The molecule has 1 aliphatic carbocycles. The molecule has 0 saturated carbocycles. The number of aromatic hydroxyl groups is 5. The average molecular weight is 491 g/mol. The molecule has 1 heterocycles. The summed E-state index contributed by atoms with van der Waals surface area (Å²) >= 11 is 0. The van der Waals surface area contributed by atoms with Gasteiger partial charge in [0.05, 0.1) is 14.2 Å². The number of ketones is 1. The first-order valence-electron chi connectivity index (χ1n) is 11.2. The minimum Gasteiger partial charge on any atom is -0.504 e. The number of methoxy groups -OCH3 is 2. The van der Waals surface area contributed by atoms with E-state index in [0.717, 1.165) is 10.5 Å². The zero-order valence-corrected chi connectivity index (χ0v) is 19.4. The van der Waals surface area contributed by atoms with Gasteiger partial charge in [0.1, 0.15) is 5.56 Å². The molecule has 1 fully saturated rings. The Morgan fingerprint density at radius 3 is 1.94 bits per heavy atom. The molecule has 1 atom stereocenters. The van der Waals surface area contributed by atoms with Crippen molar-refractivity contribution in [3.05, 3.63) is 28.8 Å². The fraction of sp³-hybridized carbons (Fsp3) is 0.458. The van der Waals surface area contributed by atoms with Crippen molar-refractivity contribution in [2.45, 2.75) is 31.6 Å². The Labute approximate surface area is 201 Å². The first-order chi connectivity index (χ1) is 16.5. The van der Waals surface area contributed by atoms with Gasteiger partial charge in [0.25, 0.3) is 5.91 Å². The third-order valence-electron chi connectivity index (χ3n) is 7.09. The van der Waals surface area contributed by atoms with Crippen molar-refractivity contribution >= 4 is 5.78 Å². The summed E-state index contributed by atoms with van der Waals surface area (Å²) in [7, 11) is 3.05. The number of carbonyl (C=O) groups excluding carboxylic acids is 1. The van der Waals surface area contributed by atoms with Gasteiger partial charge in [-0.25, -0.2) is 4.90 Å². The van der Waals surface area contributed by atoms with Crippen LogP contribution in [0.25, 0.3) is 0 Å². The van der Waals surface area contributed by atoms with Crippen LogP contribution in [-0.2, 0) is 12.3 Å². The van der Waals surface area contributed by atoms with Gasteiger partial charge >= 0.3 is 0 Å². The summed E-state index contributed by atoms with van der Waals surface area (Å²) in [5.41, 5.74) is 0.582. The topological polar surface area (TPSA) is 180 Å². The molecule has 0 aromatic heterocycles. The number of phenolic OH excluding ortho intramolecular Hbond substituents is 5. The van der Waals surface area contributed by atoms with Crippen LogP contribution in [0.15, 0.2) is 12.1 Å². The third-order valence-corrected chi connectivity index (χ3v) is 7.09. The Balaban J connectivity index is 1.45. The molecule has 0 amide bonds. The second-order valence-electron chi connectivity index (χ2n) is 9.05. The number of benzene rings is 2. The van der Waals surface area contributed by atoms with Crippen LogP contribution in [0.1, 0.15) is 40.7 Å².